The lowest BCUT2D eigenvalue weighted by molar-refractivity contribution is -0.667. The molecule has 0 bridgehead atoms. The van der Waals surface area contributed by atoms with Gasteiger partial charge in [0.25, 0.3) is 5.01 Å². The van der Waals surface area contributed by atoms with Crippen LogP contribution in [0.4, 0.5) is 5.69 Å². The fraction of sp³-hybridized carbons (Fsp3) is 0.321. The number of allylic oxidation sites excluding steroid dienone is 2. The van der Waals surface area contributed by atoms with Gasteiger partial charge in [0.1, 0.15) is 15.1 Å². The summed E-state index contributed by atoms with van der Waals surface area (Å²) < 4.78 is 77.6. The van der Waals surface area contributed by atoms with Gasteiger partial charge in [-0.25, -0.2) is 16.8 Å². The summed E-state index contributed by atoms with van der Waals surface area (Å²) in [5, 5.41) is 4.81. The molecule has 0 unspecified atom stereocenters. The zero-order valence-electron chi connectivity index (χ0n) is 22.9. The molecule has 0 atom stereocenters. The SMILES string of the molecule is CCC(=Cc1sc2cc(OC)c3ccsc3c2[n+]1CCCS(=O)(=O)[O-])C=C1Sc2ccccc2N1CCCS(=O)(=O)[O-]. The van der Waals surface area contributed by atoms with Crippen LogP contribution < -0.4 is 14.2 Å². The normalized spacial score (nSPS) is 15.3. The molecule has 0 amide bonds. The van der Waals surface area contributed by atoms with E-state index < -0.39 is 31.7 Å². The second kappa shape index (κ2) is 12.6. The maximum atomic E-state index is 11.4. The van der Waals surface area contributed by atoms with Gasteiger partial charge in [-0.3, -0.25) is 0 Å². The fourth-order valence-electron chi connectivity index (χ4n) is 4.93. The third-order valence-electron chi connectivity index (χ3n) is 6.83. The van der Waals surface area contributed by atoms with Crippen molar-refractivity contribution in [1.29, 1.82) is 0 Å². The second-order valence-corrected chi connectivity index (χ2v) is 15.8. The Labute approximate surface area is 257 Å². The van der Waals surface area contributed by atoms with Crippen LogP contribution in [0.3, 0.4) is 0 Å². The molecule has 9 nitrogen and oxygen atoms in total. The molecular weight excluding hydrogens is 637 g/mol. The monoisotopic (exact) mass is 665 g/mol. The number of fused-ring (bicyclic) bond motifs is 4. The molecule has 3 heterocycles. The number of methoxy groups -OCH3 is 1. The molecule has 0 N–H and O–H groups in total. The summed E-state index contributed by atoms with van der Waals surface area (Å²) in [6.07, 6.45) is 5.25. The molecule has 14 heteroatoms. The topological polar surface area (TPSA) is 131 Å². The Kier molecular flexibility index (Phi) is 9.33. The fourth-order valence-corrected chi connectivity index (χ4v) is 9.29. The number of aryl methyl sites for hydroxylation is 1. The molecule has 1 aliphatic heterocycles. The van der Waals surface area contributed by atoms with Crippen molar-refractivity contribution in [3.8, 4) is 5.75 Å². The Morgan fingerprint density at radius 2 is 1.81 bits per heavy atom. The van der Waals surface area contributed by atoms with Gasteiger partial charge < -0.3 is 18.7 Å². The molecule has 0 fully saturated rings. The highest BCUT2D eigenvalue weighted by Crippen LogP contribution is 2.46. The third kappa shape index (κ3) is 7.01. The first-order valence-electron chi connectivity index (χ1n) is 13.2. The number of nitrogens with zero attached hydrogens (tertiary/aromatic N) is 2. The van der Waals surface area contributed by atoms with Gasteiger partial charge in [-0.2, -0.15) is 4.57 Å². The number of thioether (sulfide) groups is 1. The molecule has 0 saturated heterocycles. The van der Waals surface area contributed by atoms with E-state index in [0.29, 0.717) is 19.5 Å². The lowest BCUT2D eigenvalue weighted by Crippen LogP contribution is -2.36. The van der Waals surface area contributed by atoms with Crippen molar-refractivity contribution >= 4 is 86.7 Å². The summed E-state index contributed by atoms with van der Waals surface area (Å²) in [4.78, 5) is 3.10. The van der Waals surface area contributed by atoms with E-state index in [9.17, 15) is 25.9 Å². The van der Waals surface area contributed by atoms with E-state index in [1.807, 2.05) is 53.6 Å². The molecule has 0 radical (unpaired) electrons. The highest BCUT2D eigenvalue weighted by Gasteiger charge is 2.27. The standard InChI is InChI=1S/C28H30N2O7S5/c1-3-19(16-25-29(11-6-14-41(31,32)33)21-8-4-5-9-23(21)39-25)17-26-30(12-7-15-42(34,35)36)27-24(40-26)18-22(37-2)20-10-13-38-28(20)27/h4-5,8-10,13,16-18H,3,6-7,11-12,14-15H2,1-2H3,(H-,31,32,33,34,35,36)/p-1. The van der Waals surface area contributed by atoms with Crippen molar-refractivity contribution in [1.82, 2.24) is 0 Å². The Balaban J connectivity index is 1.57. The molecule has 2 aromatic carbocycles. The van der Waals surface area contributed by atoms with Gasteiger partial charge in [-0.15, -0.1) is 11.3 Å². The van der Waals surface area contributed by atoms with E-state index in [-0.39, 0.29) is 12.8 Å². The molecule has 42 heavy (non-hydrogen) atoms. The summed E-state index contributed by atoms with van der Waals surface area (Å²) in [5.41, 5.74) is 2.96. The number of ether oxygens (including phenoxy) is 1. The summed E-state index contributed by atoms with van der Waals surface area (Å²) >= 11 is 4.74. The van der Waals surface area contributed by atoms with Gasteiger partial charge in [-0.1, -0.05) is 42.2 Å². The van der Waals surface area contributed by atoms with Gasteiger partial charge in [0.15, 0.2) is 6.54 Å². The lowest BCUT2D eigenvalue weighted by atomic mass is 10.2. The minimum absolute atomic E-state index is 0.187. The molecular formula is C28H29N2O7S5-. The quantitative estimate of drug-likeness (QED) is 0.142. The van der Waals surface area contributed by atoms with E-state index >= 15 is 0 Å². The predicted octanol–water partition coefficient (Wildman–Crippen LogP) is 5.53. The highest BCUT2D eigenvalue weighted by atomic mass is 32.2. The first kappa shape index (κ1) is 31.0. The van der Waals surface area contributed by atoms with E-state index in [2.05, 4.69) is 16.7 Å². The summed E-state index contributed by atoms with van der Waals surface area (Å²) in [7, 11) is -7.02. The minimum atomic E-state index is -4.35. The van der Waals surface area contributed by atoms with E-state index in [1.165, 1.54) is 0 Å². The van der Waals surface area contributed by atoms with Crippen LogP contribution in [0.25, 0.3) is 26.4 Å². The van der Waals surface area contributed by atoms with Crippen LogP contribution in [0.15, 0.2) is 63.4 Å². The van der Waals surface area contributed by atoms with Crippen molar-refractivity contribution in [3.05, 3.63) is 63.5 Å². The van der Waals surface area contributed by atoms with Gasteiger partial charge in [-0.05, 0) is 48.1 Å². The molecule has 224 valence electrons. The van der Waals surface area contributed by atoms with Gasteiger partial charge in [0, 0.05) is 46.9 Å². The average Bonchev–Trinajstić information content (AvgIpc) is 3.62. The highest BCUT2D eigenvalue weighted by molar-refractivity contribution is 8.03. The number of anilines is 1. The van der Waals surface area contributed by atoms with Crippen LogP contribution >= 0.6 is 34.4 Å². The Morgan fingerprint density at radius 1 is 1.07 bits per heavy atom. The van der Waals surface area contributed by atoms with Crippen molar-refractivity contribution in [2.75, 3.05) is 30.1 Å². The van der Waals surface area contributed by atoms with Crippen LogP contribution in [-0.4, -0.2) is 51.1 Å². The smallest absolute Gasteiger partial charge is 0.263 e. The first-order chi connectivity index (χ1) is 20.0. The van der Waals surface area contributed by atoms with Crippen molar-refractivity contribution in [2.45, 2.75) is 37.6 Å². The minimum Gasteiger partial charge on any atom is -0.748 e. The number of hydrogen-bond acceptors (Lipinski definition) is 11. The molecule has 0 aliphatic carbocycles. The lowest BCUT2D eigenvalue weighted by Gasteiger charge is -2.21. The summed E-state index contributed by atoms with van der Waals surface area (Å²) in [6, 6.07) is 11.9. The van der Waals surface area contributed by atoms with Crippen LogP contribution in [-0.2, 0) is 26.8 Å². The number of thiazole rings is 1. The largest absolute Gasteiger partial charge is 0.748 e. The molecule has 4 aromatic rings. The Bertz CT molecular complexity index is 1910. The van der Waals surface area contributed by atoms with Gasteiger partial charge in [0.2, 0.25) is 5.52 Å². The number of para-hydroxylation sites is 1. The van der Waals surface area contributed by atoms with Crippen LogP contribution in [0.5, 0.6) is 5.75 Å². The van der Waals surface area contributed by atoms with E-state index in [0.717, 1.165) is 52.2 Å². The molecule has 0 spiro atoms. The molecule has 1 aliphatic rings. The van der Waals surface area contributed by atoms with E-state index in [4.69, 9.17) is 4.74 Å². The van der Waals surface area contributed by atoms with Crippen LogP contribution in [0.1, 0.15) is 31.2 Å². The Morgan fingerprint density at radius 3 is 2.52 bits per heavy atom. The maximum absolute atomic E-state index is 11.4. The average molecular weight is 666 g/mol. The number of hydrogen-bond donors (Lipinski definition) is 0. The van der Waals surface area contributed by atoms with Crippen molar-refractivity contribution in [2.24, 2.45) is 0 Å². The zero-order chi connectivity index (χ0) is 30.1. The number of benzene rings is 2. The number of thiophene rings is 1. The predicted molar refractivity (Wildman–Crippen MR) is 168 cm³/mol. The first-order valence-corrected chi connectivity index (χ1v) is 18.9. The van der Waals surface area contributed by atoms with Crippen LogP contribution in [0.2, 0.25) is 0 Å². The van der Waals surface area contributed by atoms with Crippen molar-refractivity contribution in [3.63, 3.8) is 0 Å². The zero-order valence-corrected chi connectivity index (χ0v) is 27.0. The summed E-state index contributed by atoms with van der Waals surface area (Å²) in [5.74, 6) is -0.113. The van der Waals surface area contributed by atoms with E-state index in [1.54, 1.807) is 41.5 Å². The van der Waals surface area contributed by atoms with Crippen molar-refractivity contribution < 1.29 is 35.2 Å². The third-order valence-corrected chi connectivity index (χ3v) is 11.5. The molecule has 5 rings (SSSR count). The maximum Gasteiger partial charge on any atom is 0.263 e. The van der Waals surface area contributed by atoms with Crippen LogP contribution in [0, 0.1) is 0 Å². The number of aromatic nitrogens is 1. The number of rotatable bonds is 12. The molecule has 0 saturated carbocycles. The molecule has 2 aromatic heterocycles. The van der Waals surface area contributed by atoms with Gasteiger partial charge >= 0.3 is 0 Å². The summed E-state index contributed by atoms with van der Waals surface area (Å²) in [6.45, 7) is 2.79. The Hall–Kier alpha value is -2.46. The van der Waals surface area contributed by atoms with Gasteiger partial charge in [0.05, 0.1) is 38.1 Å². The second-order valence-electron chi connectivity index (χ2n) is 9.69.